The van der Waals surface area contributed by atoms with Crippen molar-refractivity contribution < 1.29 is 38.3 Å². The van der Waals surface area contributed by atoms with Crippen molar-refractivity contribution in [1.82, 2.24) is 61.8 Å². The summed E-state index contributed by atoms with van der Waals surface area (Å²) in [6, 6.07) is 1.95. The molecule has 346 valence electrons. The summed E-state index contributed by atoms with van der Waals surface area (Å²) in [5, 5.41) is 16.3. The van der Waals surface area contributed by atoms with E-state index in [9.17, 15) is 33.6 Å². The Morgan fingerprint density at radius 2 is 1.05 bits per heavy atom. The molecule has 0 bridgehead atoms. The lowest BCUT2D eigenvalue weighted by Crippen LogP contribution is -2.61. The van der Waals surface area contributed by atoms with Crippen molar-refractivity contribution in [2.24, 2.45) is 23.5 Å². The maximum atomic E-state index is 14.2. The van der Waals surface area contributed by atoms with Gasteiger partial charge in [0.15, 0.2) is 0 Å². The molecule has 0 fully saturated rings. The number of nitrogens with zero attached hydrogens (tertiary/aromatic N) is 3. The molecule has 0 aliphatic carbocycles. The summed E-state index contributed by atoms with van der Waals surface area (Å²) < 4.78 is 5.38. The van der Waals surface area contributed by atoms with Gasteiger partial charge in [-0.3, -0.25) is 28.8 Å². The van der Waals surface area contributed by atoms with Crippen molar-refractivity contribution in [3.8, 4) is 0 Å². The molecule has 21 heteroatoms. The molecule has 0 saturated carbocycles. The number of amides is 7. The zero-order chi connectivity index (χ0) is 46.8. The number of aromatic nitrogens is 6. The number of H-pyrrole nitrogens is 3. The molecule has 11 N–H and O–H groups in total. The molecule has 0 saturated heterocycles. The van der Waals surface area contributed by atoms with Crippen molar-refractivity contribution >= 4 is 41.5 Å². The number of primary amides is 1. The minimum absolute atomic E-state index is 0.0296. The quantitative estimate of drug-likeness (QED) is 0.0445. The highest BCUT2D eigenvalue weighted by atomic mass is 16.5. The van der Waals surface area contributed by atoms with Gasteiger partial charge in [-0.1, -0.05) is 78.3 Å². The molecule has 64 heavy (non-hydrogen) atoms. The molecule has 7 atom stereocenters. The van der Waals surface area contributed by atoms with Gasteiger partial charge in [0.25, 0.3) is 0 Å². The van der Waals surface area contributed by atoms with Crippen LogP contribution in [-0.2, 0) is 59.4 Å². The van der Waals surface area contributed by atoms with Crippen molar-refractivity contribution in [2.45, 2.75) is 117 Å². The molecule has 3 aromatic heterocycles. The molecular weight excluding hydrogens is 827 g/mol. The van der Waals surface area contributed by atoms with Crippen LogP contribution in [0.2, 0.25) is 0 Å². The van der Waals surface area contributed by atoms with E-state index in [1.165, 1.54) is 37.6 Å². The van der Waals surface area contributed by atoms with Crippen LogP contribution < -0.4 is 37.6 Å². The van der Waals surface area contributed by atoms with Crippen molar-refractivity contribution in [3.63, 3.8) is 0 Å². The second kappa shape index (κ2) is 24.5. The van der Waals surface area contributed by atoms with E-state index in [-0.39, 0.29) is 38.2 Å². The summed E-state index contributed by atoms with van der Waals surface area (Å²) in [4.78, 5) is 116. The Labute approximate surface area is 371 Å². The van der Waals surface area contributed by atoms with E-state index in [0.29, 0.717) is 23.5 Å². The summed E-state index contributed by atoms with van der Waals surface area (Å²) >= 11 is 0. The highest BCUT2D eigenvalue weighted by Gasteiger charge is 2.36. The number of ether oxygens (including phenoxy) is 1. The molecule has 1 aromatic carbocycles. The second-order valence-corrected chi connectivity index (χ2v) is 16.4. The van der Waals surface area contributed by atoms with Gasteiger partial charge in [0, 0.05) is 54.9 Å². The molecule has 4 aromatic rings. The van der Waals surface area contributed by atoms with Gasteiger partial charge >= 0.3 is 6.09 Å². The lowest BCUT2D eigenvalue weighted by molar-refractivity contribution is -0.136. The zero-order valence-electron chi connectivity index (χ0n) is 37.0. The van der Waals surface area contributed by atoms with E-state index in [1.807, 2.05) is 26.8 Å². The van der Waals surface area contributed by atoms with Crippen LogP contribution in [0.25, 0.3) is 0 Å². The lowest BCUT2D eigenvalue weighted by atomic mass is 9.95. The van der Waals surface area contributed by atoms with Gasteiger partial charge in [0.05, 0.1) is 19.0 Å². The molecule has 0 spiro atoms. The number of carbonyl (C=O) groups excluding carboxylic acids is 7. The van der Waals surface area contributed by atoms with E-state index >= 15 is 0 Å². The largest absolute Gasteiger partial charge is 0.445 e. The molecule has 7 amide bonds. The van der Waals surface area contributed by atoms with E-state index in [4.69, 9.17) is 10.5 Å². The fourth-order valence-corrected chi connectivity index (χ4v) is 6.64. The molecule has 3 heterocycles. The summed E-state index contributed by atoms with van der Waals surface area (Å²) in [5.41, 5.74) is 7.92. The van der Waals surface area contributed by atoms with Crippen molar-refractivity contribution in [1.29, 1.82) is 0 Å². The average Bonchev–Trinajstić information content (AvgIpc) is 4.08. The van der Waals surface area contributed by atoms with E-state index < -0.39 is 89.6 Å². The number of rotatable bonds is 25. The van der Waals surface area contributed by atoms with E-state index in [2.05, 4.69) is 61.8 Å². The molecular formula is C43H61N13O8. The van der Waals surface area contributed by atoms with E-state index in [1.54, 1.807) is 45.0 Å². The number of nitrogens with two attached hydrogens (primary N) is 1. The van der Waals surface area contributed by atoms with Crippen LogP contribution in [0.1, 0.15) is 77.0 Å². The van der Waals surface area contributed by atoms with Crippen LogP contribution >= 0.6 is 0 Å². The Bertz CT molecular complexity index is 2090. The zero-order valence-corrected chi connectivity index (χ0v) is 37.0. The Morgan fingerprint density at radius 1 is 0.594 bits per heavy atom. The molecule has 21 nitrogen and oxygen atoms in total. The second-order valence-electron chi connectivity index (χ2n) is 16.4. The fraction of sp³-hybridized carbons (Fsp3) is 0.488. The molecule has 0 radical (unpaired) electrons. The first-order valence-corrected chi connectivity index (χ1v) is 21.2. The topological polar surface area (TPSA) is 313 Å². The number of carbonyl (C=O) groups is 7. The third-order valence-electron chi connectivity index (χ3n) is 10.4. The van der Waals surface area contributed by atoms with Crippen molar-refractivity contribution in [3.05, 3.63) is 90.5 Å². The number of imidazole rings is 3. The molecule has 4 rings (SSSR count). The SMILES string of the molecule is CC[C@H](C)[C@H](NC(=O)[C@@H](NC(=O)[C@H](CC(C)C)NC(=O)[C@H](Cc1cnc[nH]1)NC(=O)[C@H](Cc1cnc[nH]1)NC(=O)OCc1ccccc1)C(C)C)C(=O)N[C@@H](Cc1cnc[nH]1)C(N)=O. The summed E-state index contributed by atoms with van der Waals surface area (Å²) in [5.74, 6) is -5.20. The predicted octanol–water partition coefficient (Wildman–Crippen LogP) is 0.836. The van der Waals surface area contributed by atoms with Crippen LogP contribution in [0.15, 0.2) is 67.9 Å². The van der Waals surface area contributed by atoms with Crippen LogP contribution in [0.4, 0.5) is 4.79 Å². The minimum atomic E-state index is -1.28. The number of nitrogens with one attached hydrogen (secondary N) is 9. The van der Waals surface area contributed by atoms with Gasteiger partial charge in [0.2, 0.25) is 35.4 Å². The smallest absolute Gasteiger partial charge is 0.408 e. The van der Waals surface area contributed by atoms with Gasteiger partial charge in [-0.05, 0) is 29.7 Å². The van der Waals surface area contributed by atoms with Gasteiger partial charge in [-0.25, -0.2) is 19.7 Å². The Kier molecular flexibility index (Phi) is 19.0. The first-order chi connectivity index (χ1) is 30.5. The normalized spacial score (nSPS) is 14.5. The third-order valence-corrected chi connectivity index (χ3v) is 10.4. The fourth-order valence-electron chi connectivity index (χ4n) is 6.64. The first-order valence-electron chi connectivity index (χ1n) is 21.2. The standard InChI is InChI=1S/C43H61N13O8/c1-7-26(6)36(42(62)51-31(37(44)57)14-28-17-45-21-48-28)56-41(61)35(25(4)5)55-40(60)32(13-24(2)3)52-38(58)33(15-29-18-46-22-49-29)53-39(59)34(16-30-19-47-23-50-30)54-43(63)64-20-27-11-9-8-10-12-27/h8-12,17-19,21-26,31-36H,7,13-16,20H2,1-6H3,(H2,44,57)(H,45,48)(H,46,49)(H,47,50)(H,51,62)(H,52,58)(H,53,59)(H,54,63)(H,55,60)(H,56,61)/t26-,31-,32-,33-,34-,35-,36-/m0/s1. The molecule has 0 aliphatic heterocycles. The van der Waals surface area contributed by atoms with Gasteiger partial charge < -0.3 is 57.3 Å². The Balaban J connectivity index is 1.50. The van der Waals surface area contributed by atoms with Crippen LogP contribution in [-0.4, -0.2) is 108 Å². The van der Waals surface area contributed by atoms with Crippen LogP contribution in [0.3, 0.4) is 0 Å². The van der Waals surface area contributed by atoms with Crippen LogP contribution in [0.5, 0.6) is 0 Å². The van der Waals surface area contributed by atoms with Crippen molar-refractivity contribution in [2.75, 3.05) is 0 Å². The number of hydrogen-bond acceptors (Lipinski definition) is 11. The Hall–Kier alpha value is -7.06. The lowest BCUT2D eigenvalue weighted by Gasteiger charge is -2.30. The minimum Gasteiger partial charge on any atom is -0.445 e. The highest BCUT2D eigenvalue weighted by Crippen LogP contribution is 2.14. The number of benzene rings is 1. The maximum Gasteiger partial charge on any atom is 0.408 e. The third kappa shape index (κ3) is 15.7. The Morgan fingerprint density at radius 3 is 1.52 bits per heavy atom. The number of aromatic amines is 3. The average molecular weight is 888 g/mol. The highest BCUT2D eigenvalue weighted by molar-refractivity contribution is 5.97. The summed E-state index contributed by atoms with van der Waals surface area (Å²) in [6.07, 6.45) is 8.46. The summed E-state index contributed by atoms with van der Waals surface area (Å²) in [6.45, 7) is 10.7. The number of alkyl carbamates (subject to hydrolysis) is 1. The van der Waals surface area contributed by atoms with Gasteiger partial charge in [0.1, 0.15) is 42.9 Å². The van der Waals surface area contributed by atoms with Gasteiger partial charge in [-0.15, -0.1) is 0 Å². The maximum absolute atomic E-state index is 14.2. The van der Waals surface area contributed by atoms with Crippen LogP contribution in [0, 0.1) is 17.8 Å². The molecule has 0 unspecified atom stereocenters. The monoisotopic (exact) mass is 887 g/mol. The van der Waals surface area contributed by atoms with Gasteiger partial charge in [-0.2, -0.15) is 0 Å². The molecule has 0 aliphatic rings. The predicted molar refractivity (Wildman–Crippen MR) is 233 cm³/mol. The summed E-state index contributed by atoms with van der Waals surface area (Å²) in [7, 11) is 0. The first kappa shape index (κ1) is 49.6. The number of hydrogen-bond donors (Lipinski definition) is 10. The van der Waals surface area contributed by atoms with E-state index in [0.717, 1.165) is 5.56 Å².